The Morgan fingerprint density at radius 1 is 0.971 bits per heavy atom. The number of likely N-dealkylation sites (N-methyl/N-ethyl adjacent to an activating group) is 1. The van der Waals surface area contributed by atoms with E-state index in [-0.39, 0.29) is 6.04 Å². The monoisotopic (exact) mass is 470 g/mol. The van der Waals surface area contributed by atoms with Gasteiger partial charge in [0.25, 0.3) is 0 Å². The van der Waals surface area contributed by atoms with E-state index in [2.05, 4.69) is 74.4 Å². The molecule has 1 unspecified atom stereocenters. The van der Waals surface area contributed by atoms with Gasteiger partial charge in [0.15, 0.2) is 0 Å². The van der Waals surface area contributed by atoms with Gasteiger partial charge in [0.1, 0.15) is 17.7 Å². The summed E-state index contributed by atoms with van der Waals surface area (Å²) in [6, 6.07) is 15.6. The van der Waals surface area contributed by atoms with Crippen LogP contribution in [0.4, 0.5) is 11.6 Å². The van der Waals surface area contributed by atoms with E-state index in [4.69, 9.17) is 4.98 Å². The van der Waals surface area contributed by atoms with Crippen molar-refractivity contribution in [3.8, 4) is 12.1 Å². The van der Waals surface area contributed by atoms with Gasteiger partial charge in [0, 0.05) is 77.1 Å². The minimum absolute atomic E-state index is 0.145. The fraction of sp³-hybridized carbons (Fsp3) is 0.519. The fourth-order valence-electron chi connectivity index (χ4n) is 5.52. The van der Waals surface area contributed by atoms with Crippen LogP contribution in [0.3, 0.4) is 0 Å². The molecule has 1 aromatic carbocycles. The molecule has 2 aromatic rings. The molecule has 0 radical (unpaired) electrons. The van der Waals surface area contributed by atoms with Crippen LogP contribution in [-0.2, 0) is 19.5 Å². The van der Waals surface area contributed by atoms with Gasteiger partial charge in [-0.05, 0) is 24.6 Å². The van der Waals surface area contributed by atoms with Crippen molar-refractivity contribution < 1.29 is 0 Å². The van der Waals surface area contributed by atoms with Gasteiger partial charge in [-0.2, -0.15) is 10.5 Å². The molecule has 0 spiro atoms. The lowest BCUT2D eigenvalue weighted by Crippen LogP contribution is -2.51. The van der Waals surface area contributed by atoms with Crippen LogP contribution in [-0.4, -0.2) is 80.2 Å². The summed E-state index contributed by atoms with van der Waals surface area (Å²) in [5.74, 6) is 1.86. The van der Waals surface area contributed by atoms with Crippen LogP contribution in [0.5, 0.6) is 0 Å². The first-order valence-corrected chi connectivity index (χ1v) is 12.7. The minimum atomic E-state index is 0.145. The zero-order valence-electron chi connectivity index (χ0n) is 20.6. The van der Waals surface area contributed by atoms with E-state index in [9.17, 15) is 10.5 Å². The molecule has 0 bridgehead atoms. The normalized spacial score (nSPS) is 21.3. The summed E-state index contributed by atoms with van der Waals surface area (Å²) >= 11 is 0. The predicted molar refractivity (Wildman–Crippen MR) is 137 cm³/mol. The lowest BCUT2D eigenvalue weighted by atomic mass is 9.94. The van der Waals surface area contributed by atoms with E-state index in [1.807, 2.05) is 0 Å². The number of piperazine rings is 2. The molecule has 0 amide bonds. The standard InChI is InChI=1S/C27H34N8/c1-32-13-15-34(16-14-32)27-24(17-29)25-20-33(18-21-5-3-2-4-6-21)11-8-23(25)26(31-27)35-12-10-30-22(19-35)7-9-28/h2-6,22,30H,7-8,10-16,18-20H2,1H3. The van der Waals surface area contributed by atoms with Gasteiger partial charge in [0.2, 0.25) is 0 Å². The van der Waals surface area contributed by atoms with Crippen LogP contribution >= 0.6 is 0 Å². The molecule has 2 saturated heterocycles. The maximum Gasteiger partial charge on any atom is 0.149 e. The Bertz CT molecular complexity index is 1110. The quantitative estimate of drug-likeness (QED) is 0.710. The number of nitrogens with zero attached hydrogens (tertiary/aromatic N) is 7. The minimum Gasteiger partial charge on any atom is -0.353 e. The third-order valence-electron chi connectivity index (χ3n) is 7.49. The van der Waals surface area contributed by atoms with Crippen molar-refractivity contribution in [2.24, 2.45) is 0 Å². The van der Waals surface area contributed by atoms with E-state index < -0.39 is 0 Å². The molecule has 8 nitrogen and oxygen atoms in total. The molecule has 3 aliphatic heterocycles. The highest BCUT2D eigenvalue weighted by atomic mass is 15.3. The average Bonchev–Trinajstić information content (AvgIpc) is 2.89. The lowest BCUT2D eigenvalue weighted by molar-refractivity contribution is 0.245. The summed E-state index contributed by atoms with van der Waals surface area (Å²) in [7, 11) is 2.14. The molecule has 0 aliphatic carbocycles. The second-order valence-corrected chi connectivity index (χ2v) is 9.90. The Labute approximate surface area is 208 Å². The van der Waals surface area contributed by atoms with Crippen LogP contribution in [0.15, 0.2) is 30.3 Å². The molecule has 35 heavy (non-hydrogen) atoms. The average molecular weight is 471 g/mol. The lowest BCUT2D eigenvalue weighted by Gasteiger charge is -2.40. The molecule has 1 aromatic heterocycles. The molecule has 1 N–H and O–H groups in total. The van der Waals surface area contributed by atoms with Gasteiger partial charge >= 0.3 is 0 Å². The Kier molecular flexibility index (Phi) is 7.15. The number of fused-ring (bicyclic) bond motifs is 1. The van der Waals surface area contributed by atoms with E-state index in [1.165, 1.54) is 11.1 Å². The Hall–Kier alpha value is -3.17. The van der Waals surface area contributed by atoms with Crippen molar-refractivity contribution in [3.05, 3.63) is 52.6 Å². The van der Waals surface area contributed by atoms with Crippen molar-refractivity contribution in [3.63, 3.8) is 0 Å². The molecular weight excluding hydrogens is 436 g/mol. The number of nitrogens with one attached hydrogen (secondary N) is 1. The number of benzene rings is 1. The summed E-state index contributed by atoms with van der Waals surface area (Å²) in [6.45, 7) is 8.76. The number of anilines is 2. The molecule has 3 aliphatic rings. The first kappa shape index (κ1) is 23.6. The van der Waals surface area contributed by atoms with Crippen molar-refractivity contribution >= 4 is 11.6 Å². The SMILES string of the molecule is CN1CCN(c2nc(N3CCNC(CC#N)C3)c3c(c2C#N)CN(Cc2ccccc2)CC3)CC1. The number of rotatable bonds is 5. The molecule has 5 rings (SSSR count). The summed E-state index contributed by atoms with van der Waals surface area (Å²) < 4.78 is 0. The zero-order chi connectivity index (χ0) is 24.2. The highest BCUT2D eigenvalue weighted by Gasteiger charge is 2.32. The Balaban J connectivity index is 1.52. The van der Waals surface area contributed by atoms with E-state index >= 15 is 0 Å². The predicted octanol–water partition coefficient (Wildman–Crippen LogP) is 1.96. The topological polar surface area (TPSA) is 85.5 Å². The van der Waals surface area contributed by atoms with Gasteiger partial charge < -0.3 is 20.0 Å². The van der Waals surface area contributed by atoms with Crippen LogP contribution in [0.1, 0.15) is 28.7 Å². The third-order valence-corrected chi connectivity index (χ3v) is 7.49. The first-order chi connectivity index (χ1) is 17.2. The van der Waals surface area contributed by atoms with Gasteiger partial charge in [0.05, 0.1) is 18.1 Å². The van der Waals surface area contributed by atoms with Crippen LogP contribution < -0.4 is 15.1 Å². The summed E-state index contributed by atoms with van der Waals surface area (Å²) in [5.41, 5.74) is 4.41. The highest BCUT2D eigenvalue weighted by molar-refractivity contribution is 5.68. The fourth-order valence-corrected chi connectivity index (χ4v) is 5.52. The van der Waals surface area contributed by atoms with Crippen LogP contribution in [0.25, 0.3) is 0 Å². The number of pyridine rings is 1. The van der Waals surface area contributed by atoms with Crippen molar-refractivity contribution in [1.29, 1.82) is 10.5 Å². The summed E-state index contributed by atoms with van der Waals surface area (Å²) in [4.78, 5) is 14.6. The second kappa shape index (κ2) is 10.6. The van der Waals surface area contributed by atoms with E-state index in [1.54, 1.807) is 0 Å². The van der Waals surface area contributed by atoms with Gasteiger partial charge in [-0.15, -0.1) is 0 Å². The molecule has 2 fully saturated rings. The maximum atomic E-state index is 10.3. The van der Waals surface area contributed by atoms with E-state index in [0.29, 0.717) is 6.42 Å². The summed E-state index contributed by atoms with van der Waals surface area (Å²) in [5, 5.41) is 23.1. The van der Waals surface area contributed by atoms with Crippen molar-refractivity contribution in [2.45, 2.75) is 32.0 Å². The van der Waals surface area contributed by atoms with Gasteiger partial charge in [-0.25, -0.2) is 4.98 Å². The van der Waals surface area contributed by atoms with Gasteiger partial charge in [-0.3, -0.25) is 4.90 Å². The highest BCUT2D eigenvalue weighted by Crippen LogP contribution is 2.36. The third kappa shape index (κ3) is 5.11. The number of nitriles is 2. The Morgan fingerprint density at radius 3 is 2.51 bits per heavy atom. The van der Waals surface area contributed by atoms with E-state index in [0.717, 1.165) is 94.6 Å². The Morgan fingerprint density at radius 2 is 1.77 bits per heavy atom. The molecule has 182 valence electrons. The smallest absolute Gasteiger partial charge is 0.149 e. The van der Waals surface area contributed by atoms with Crippen molar-refractivity contribution in [1.82, 2.24) is 20.1 Å². The zero-order valence-corrected chi connectivity index (χ0v) is 20.6. The molecule has 4 heterocycles. The molecule has 1 atom stereocenters. The molecular formula is C27H34N8. The second-order valence-electron chi connectivity index (χ2n) is 9.90. The summed E-state index contributed by atoms with van der Waals surface area (Å²) in [6.07, 6.45) is 1.38. The number of hydrogen-bond acceptors (Lipinski definition) is 8. The van der Waals surface area contributed by atoms with Crippen LogP contribution in [0.2, 0.25) is 0 Å². The number of aromatic nitrogens is 1. The molecule has 0 saturated carbocycles. The first-order valence-electron chi connectivity index (χ1n) is 12.7. The maximum absolute atomic E-state index is 10.3. The largest absolute Gasteiger partial charge is 0.353 e. The van der Waals surface area contributed by atoms with Gasteiger partial charge in [-0.1, -0.05) is 30.3 Å². The van der Waals surface area contributed by atoms with Crippen molar-refractivity contribution in [2.75, 3.05) is 69.2 Å². The number of hydrogen-bond donors (Lipinski definition) is 1. The van der Waals surface area contributed by atoms with Crippen LogP contribution in [0, 0.1) is 22.7 Å². The molecule has 8 heteroatoms.